The van der Waals surface area contributed by atoms with E-state index >= 15 is 0 Å². The van der Waals surface area contributed by atoms with Gasteiger partial charge in [0.1, 0.15) is 0 Å². The number of benzene rings is 5. The summed E-state index contributed by atoms with van der Waals surface area (Å²) in [5.74, 6) is 0. The molecule has 7 rings (SSSR count). The van der Waals surface area contributed by atoms with E-state index < -0.39 is 18.3 Å². The second-order valence-electron chi connectivity index (χ2n) is 16.9. The first-order valence-electron chi connectivity index (χ1n) is 17.7. The van der Waals surface area contributed by atoms with Crippen molar-refractivity contribution in [3.63, 3.8) is 0 Å². The first-order valence-corrected chi connectivity index (χ1v) is 25.5. The molecule has 0 saturated carbocycles. The molecule has 2 aliphatic rings. The minimum absolute atomic E-state index is 0.00783. The van der Waals surface area contributed by atoms with Crippen LogP contribution in [0.3, 0.4) is 0 Å². The monoisotopic (exact) mass is 704 g/mol. The van der Waals surface area contributed by atoms with E-state index in [0.29, 0.717) is 0 Å². The third-order valence-corrected chi connectivity index (χ3v) is 25.8. The Morgan fingerprint density at radius 3 is 1.79 bits per heavy atom. The Morgan fingerprint density at radius 1 is 0.646 bits per heavy atom. The van der Waals surface area contributed by atoms with Crippen LogP contribution in [0.5, 0.6) is 0 Å². The molecule has 48 heavy (non-hydrogen) atoms. The molecule has 1 heteroatoms. The van der Waals surface area contributed by atoms with Gasteiger partial charge >= 0.3 is 292 Å². The van der Waals surface area contributed by atoms with Crippen LogP contribution in [0.1, 0.15) is 75.8 Å². The molecule has 0 nitrogen and oxygen atoms in total. The van der Waals surface area contributed by atoms with E-state index in [0.717, 1.165) is 12.8 Å². The summed E-state index contributed by atoms with van der Waals surface area (Å²) in [7, 11) is 0. The van der Waals surface area contributed by atoms with Crippen LogP contribution in [-0.2, 0) is 35.5 Å². The van der Waals surface area contributed by atoms with E-state index in [1.807, 2.05) is 0 Å². The van der Waals surface area contributed by atoms with Crippen LogP contribution in [0.4, 0.5) is 0 Å². The molecule has 0 heterocycles. The van der Waals surface area contributed by atoms with E-state index in [2.05, 4.69) is 174 Å². The van der Waals surface area contributed by atoms with Crippen molar-refractivity contribution in [2.24, 2.45) is 0 Å². The summed E-state index contributed by atoms with van der Waals surface area (Å²) in [5, 5.41) is 0. The Labute approximate surface area is 289 Å². The van der Waals surface area contributed by atoms with E-state index in [-0.39, 0.29) is 10.8 Å². The molecule has 0 bridgehead atoms. The Bertz CT molecular complexity index is 2180. The van der Waals surface area contributed by atoms with Crippen molar-refractivity contribution >= 4 is 10.8 Å². The zero-order valence-electron chi connectivity index (χ0n) is 30.2. The van der Waals surface area contributed by atoms with Gasteiger partial charge in [0.05, 0.1) is 0 Å². The Kier molecular flexibility index (Phi) is 7.84. The summed E-state index contributed by atoms with van der Waals surface area (Å²) in [6.07, 6.45) is 8.95. The molecular formula is C47H50Zr. The molecule has 0 N–H and O–H groups in total. The number of aryl methyl sites for hydroxylation is 1. The Morgan fingerprint density at radius 2 is 1.23 bits per heavy atom. The molecule has 0 saturated heterocycles. The van der Waals surface area contributed by atoms with Gasteiger partial charge in [-0.2, -0.15) is 0 Å². The fourth-order valence-corrected chi connectivity index (χ4v) is 21.5. The molecule has 0 aromatic heterocycles. The molecule has 2 aliphatic carbocycles. The molecule has 0 fully saturated rings. The zero-order valence-corrected chi connectivity index (χ0v) is 32.6. The predicted molar refractivity (Wildman–Crippen MR) is 208 cm³/mol. The van der Waals surface area contributed by atoms with Gasteiger partial charge in [0.25, 0.3) is 0 Å². The fourth-order valence-electron chi connectivity index (χ4n) is 8.54. The van der Waals surface area contributed by atoms with Crippen LogP contribution >= 0.6 is 0 Å². The number of allylic oxidation sites excluding steroid dienone is 4. The Balaban J connectivity index is 1.66. The van der Waals surface area contributed by atoms with Gasteiger partial charge in [0.15, 0.2) is 0 Å². The number of rotatable bonds is 5. The van der Waals surface area contributed by atoms with Crippen molar-refractivity contribution in [3.05, 3.63) is 152 Å². The fraction of sp³-hybridized carbons (Fsp3) is 0.255. The topological polar surface area (TPSA) is 0 Å². The van der Waals surface area contributed by atoms with E-state index in [1.165, 1.54) is 64.5 Å². The average Bonchev–Trinajstić information content (AvgIpc) is 3.73. The molecule has 242 valence electrons. The zero-order chi connectivity index (χ0) is 34.1. The van der Waals surface area contributed by atoms with Crippen LogP contribution in [0.25, 0.3) is 33.4 Å². The standard InChI is InChI=1S/C33H33.C7H7.C5H5.CH3.CH2.Zr/c1-32(2,3)30-20-26-24(18-28(30)22-13-9-7-10-14-22)17-25-19-29(23-15-11-8-12-16-23)31(21-27(25)26)33(4,5)6;1-7-5-3-2-4-6-7;1-2-4-5-3-1;;;/h7-16,18,20-21H,17H2,1-6H3;3-6H,1H3;1-3H,4H2;1H3;1H2;. The van der Waals surface area contributed by atoms with Gasteiger partial charge in [0, 0.05) is 0 Å². The summed E-state index contributed by atoms with van der Waals surface area (Å²) >= 11 is -4.53. The summed E-state index contributed by atoms with van der Waals surface area (Å²) in [5.41, 5.74) is 15.2. The molecule has 0 aliphatic heterocycles. The van der Waals surface area contributed by atoms with E-state index in [9.17, 15) is 0 Å². The van der Waals surface area contributed by atoms with Crippen molar-refractivity contribution in [1.82, 2.24) is 0 Å². The van der Waals surface area contributed by atoms with Gasteiger partial charge in [-0.05, 0) is 0 Å². The third kappa shape index (κ3) is 5.25. The van der Waals surface area contributed by atoms with Crippen molar-refractivity contribution in [1.29, 1.82) is 0 Å². The summed E-state index contributed by atoms with van der Waals surface area (Å²) in [6, 6.07) is 39.3. The molecule has 0 amide bonds. The first kappa shape index (κ1) is 32.9. The van der Waals surface area contributed by atoms with Crippen molar-refractivity contribution in [3.8, 4) is 33.4 Å². The van der Waals surface area contributed by atoms with Gasteiger partial charge < -0.3 is 0 Å². The van der Waals surface area contributed by atoms with Crippen LogP contribution in [0.15, 0.2) is 125 Å². The van der Waals surface area contributed by atoms with E-state index in [1.54, 1.807) is 6.55 Å². The molecule has 0 atom stereocenters. The van der Waals surface area contributed by atoms with Gasteiger partial charge in [-0.15, -0.1) is 0 Å². The molecule has 0 radical (unpaired) electrons. The molecule has 0 spiro atoms. The second-order valence-corrected chi connectivity index (χ2v) is 31.0. The van der Waals surface area contributed by atoms with Gasteiger partial charge in [-0.3, -0.25) is 0 Å². The number of fused-ring (bicyclic) bond motifs is 3. The van der Waals surface area contributed by atoms with Gasteiger partial charge in [-0.25, -0.2) is 0 Å². The van der Waals surface area contributed by atoms with Crippen molar-refractivity contribution in [2.45, 2.75) is 76.8 Å². The number of hydrogen-bond donors (Lipinski definition) is 0. The SMILES string of the molecule is [CH2]=[Zr]([CH3])([C]1=CC=CC1)([c]1ccc(C)cc1)[c]1c2c(cc(C(C)(C)C)c1-c1ccccc1)-c1cc(C(C)(C)C)c(-c3ccccc3)cc1C2. The Hall–Kier alpha value is -3.67. The second kappa shape index (κ2) is 11.5. The maximum atomic E-state index is 5.63. The van der Waals surface area contributed by atoms with Gasteiger partial charge in [0.2, 0.25) is 0 Å². The maximum absolute atomic E-state index is 5.63. The molecule has 5 aromatic rings. The van der Waals surface area contributed by atoms with Crippen LogP contribution < -0.4 is 6.54 Å². The number of hydrogen-bond acceptors (Lipinski definition) is 0. The summed E-state index contributed by atoms with van der Waals surface area (Å²) in [4.78, 5) is 0. The average molecular weight is 706 g/mol. The first-order chi connectivity index (χ1) is 22.7. The normalized spacial score (nSPS) is 14.6. The summed E-state index contributed by atoms with van der Waals surface area (Å²) < 4.78 is 12.8. The van der Waals surface area contributed by atoms with Gasteiger partial charge in [-0.1, -0.05) is 0 Å². The van der Waals surface area contributed by atoms with Crippen LogP contribution in [0, 0.1) is 6.92 Å². The predicted octanol–water partition coefficient (Wildman–Crippen LogP) is 11.5. The van der Waals surface area contributed by atoms with Crippen molar-refractivity contribution < 1.29 is 18.3 Å². The van der Waals surface area contributed by atoms with E-state index in [4.69, 9.17) is 4.21 Å². The van der Waals surface area contributed by atoms with Crippen LogP contribution in [-0.4, -0.2) is 4.21 Å². The molecule has 5 aromatic carbocycles. The van der Waals surface area contributed by atoms with Crippen molar-refractivity contribution in [2.75, 3.05) is 0 Å². The minimum atomic E-state index is -4.53. The molecule has 0 unspecified atom stereocenters. The quantitative estimate of drug-likeness (QED) is 0.167. The van der Waals surface area contributed by atoms with Crippen LogP contribution in [0.2, 0.25) is 4.63 Å². The third-order valence-electron chi connectivity index (χ3n) is 11.2. The summed E-state index contributed by atoms with van der Waals surface area (Å²) in [6.45, 7) is 16.5. The molecular weight excluding hydrogens is 656 g/mol.